The van der Waals surface area contributed by atoms with Gasteiger partial charge in [-0.25, -0.2) is 0 Å². The van der Waals surface area contributed by atoms with E-state index in [4.69, 9.17) is 15.2 Å². The number of hydrogen-bond donors (Lipinski definition) is 1. The topological polar surface area (TPSA) is 62.3 Å². The lowest BCUT2D eigenvalue weighted by Gasteiger charge is -2.14. The van der Waals surface area contributed by atoms with Gasteiger partial charge in [-0.3, -0.25) is 4.68 Å². The van der Waals surface area contributed by atoms with Crippen LogP contribution in [0.15, 0.2) is 23.1 Å². The first-order chi connectivity index (χ1) is 9.12. The Kier molecular flexibility index (Phi) is 3.90. The highest BCUT2D eigenvalue weighted by Crippen LogP contribution is 2.43. The highest BCUT2D eigenvalue weighted by atomic mass is 32.2. The van der Waals surface area contributed by atoms with Crippen LogP contribution >= 0.6 is 11.8 Å². The van der Waals surface area contributed by atoms with Crippen LogP contribution in [0.25, 0.3) is 11.3 Å². The predicted molar refractivity (Wildman–Crippen MR) is 77.9 cm³/mol. The molecule has 0 fully saturated rings. The van der Waals surface area contributed by atoms with Gasteiger partial charge in [0, 0.05) is 18.7 Å². The molecule has 5 nitrogen and oxygen atoms in total. The summed E-state index contributed by atoms with van der Waals surface area (Å²) >= 11 is 1.59. The van der Waals surface area contributed by atoms with E-state index < -0.39 is 0 Å². The van der Waals surface area contributed by atoms with Crippen molar-refractivity contribution in [1.82, 2.24) is 9.78 Å². The maximum absolute atomic E-state index is 5.83. The third kappa shape index (κ3) is 2.35. The molecule has 1 aromatic carbocycles. The van der Waals surface area contributed by atoms with Crippen molar-refractivity contribution in [3.8, 4) is 22.8 Å². The molecule has 0 aliphatic rings. The summed E-state index contributed by atoms with van der Waals surface area (Å²) in [6.07, 6.45) is 1.99. The summed E-state index contributed by atoms with van der Waals surface area (Å²) in [7, 11) is 5.08. The molecule has 0 atom stereocenters. The summed E-state index contributed by atoms with van der Waals surface area (Å²) in [5.74, 6) is 2.05. The first-order valence-electron chi connectivity index (χ1n) is 5.71. The largest absolute Gasteiger partial charge is 0.493 e. The molecule has 1 heterocycles. The number of aryl methyl sites for hydroxylation is 1. The normalized spacial score (nSPS) is 10.5. The van der Waals surface area contributed by atoms with Gasteiger partial charge < -0.3 is 15.2 Å². The summed E-state index contributed by atoms with van der Waals surface area (Å²) in [5, 5.41) is 4.40. The second kappa shape index (κ2) is 5.44. The molecule has 0 aliphatic heterocycles. The van der Waals surface area contributed by atoms with Gasteiger partial charge in [-0.05, 0) is 18.4 Å². The van der Waals surface area contributed by atoms with Gasteiger partial charge in [0.15, 0.2) is 11.5 Å². The number of benzene rings is 1. The average molecular weight is 279 g/mol. The number of anilines is 1. The lowest BCUT2D eigenvalue weighted by Crippen LogP contribution is -1.97. The van der Waals surface area contributed by atoms with Crippen LogP contribution in [0.4, 0.5) is 5.82 Å². The number of nitrogens with two attached hydrogens (primary N) is 1. The molecule has 102 valence electrons. The van der Waals surface area contributed by atoms with Crippen LogP contribution in [0.5, 0.6) is 11.5 Å². The highest BCUT2D eigenvalue weighted by Gasteiger charge is 2.17. The van der Waals surface area contributed by atoms with Crippen molar-refractivity contribution in [2.75, 3.05) is 26.2 Å². The van der Waals surface area contributed by atoms with Gasteiger partial charge in [-0.1, -0.05) is 0 Å². The molecule has 0 saturated heterocycles. The Bertz CT molecular complexity index is 576. The molecule has 0 saturated carbocycles. The Morgan fingerprint density at radius 2 is 2.00 bits per heavy atom. The molecule has 2 rings (SSSR count). The minimum Gasteiger partial charge on any atom is -0.493 e. The fourth-order valence-corrected chi connectivity index (χ4v) is 2.68. The van der Waals surface area contributed by atoms with Gasteiger partial charge in [0.2, 0.25) is 0 Å². The Balaban J connectivity index is 2.63. The van der Waals surface area contributed by atoms with E-state index in [1.54, 1.807) is 30.7 Å². The molecule has 0 unspecified atom stereocenters. The number of methoxy groups -OCH3 is 2. The van der Waals surface area contributed by atoms with Crippen LogP contribution in [0.1, 0.15) is 0 Å². The van der Waals surface area contributed by atoms with Crippen molar-refractivity contribution < 1.29 is 9.47 Å². The minimum atomic E-state index is 0.622. The molecule has 0 bridgehead atoms. The number of rotatable bonds is 4. The molecule has 1 aromatic heterocycles. The van der Waals surface area contributed by atoms with E-state index in [9.17, 15) is 0 Å². The molecule has 0 radical (unpaired) electrons. The van der Waals surface area contributed by atoms with Crippen molar-refractivity contribution in [2.24, 2.45) is 7.05 Å². The number of nitrogens with zero attached hydrogens (tertiary/aromatic N) is 2. The third-order valence-corrected chi connectivity index (χ3v) is 3.71. The van der Waals surface area contributed by atoms with E-state index in [0.29, 0.717) is 11.6 Å². The van der Waals surface area contributed by atoms with Gasteiger partial charge >= 0.3 is 0 Å². The van der Waals surface area contributed by atoms with Gasteiger partial charge in [0.05, 0.1) is 24.8 Å². The van der Waals surface area contributed by atoms with Crippen molar-refractivity contribution in [3.63, 3.8) is 0 Å². The third-order valence-electron chi connectivity index (χ3n) is 2.90. The van der Waals surface area contributed by atoms with E-state index in [1.165, 1.54) is 0 Å². The van der Waals surface area contributed by atoms with Crippen LogP contribution in [0.3, 0.4) is 0 Å². The van der Waals surface area contributed by atoms with Crippen molar-refractivity contribution >= 4 is 17.6 Å². The van der Waals surface area contributed by atoms with E-state index in [2.05, 4.69) is 5.10 Å². The molecule has 2 N–H and O–H groups in total. The summed E-state index contributed by atoms with van der Waals surface area (Å²) in [5.41, 5.74) is 7.64. The molecule has 0 spiro atoms. The fourth-order valence-electron chi connectivity index (χ4n) is 1.92. The summed E-state index contributed by atoms with van der Waals surface area (Å²) < 4.78 is 12.4. The first-order valence-corrected chi connectivity index (χ1v) is 6.93. The Morgan fingerprint density at radius 3 is 2.47 bits per heavy atom. The zero-order valence-electron chi connectivity index (χ0n) is 11.4. The molecule has 0 aliphatic carbocycles. The summed E-state index contributed by atoms with van der Waals surface area (Å²) in [6, 6.07) is 5.69. The first kappa shape index (κ1) is 13.6. The number of nitrogen functional groups attached to an aromatic ring is 1. The average Bonchev–Trinajstić information content (AvgIpc) is 2.76. The van der Waals surface area contributed by atoms with Crippen molar-refractivity contribution in [2.45, 2.75) is 4.90 Å². The Morgan fingerprint density at radius 1 is 1.26 bits per heavy atom. The quantitative estimate of drug-likeness (QED) is 0.871. The van der Waals surface area contributed by atoms with Crippen LogP contribution in [0.2, 0.25) is 0 Å². The smallest absolute Gasteiger partial charge is 0.174 e. The number of thioether (sulfide) groups is 1. The van der Waals surface area contributed by atoms with Crippen molar-refractivity contribution in [3.05, 3.63) is 18.2 Å². The molecule has 0 amide bonds. The van der Waals surface area contributed by atoms with E-state index in [-0.39, 0.29) is 0 Å². The number of hydrogen-bond acceptors (Lipinski definition) is 5. The lowest BCUT2D eigenvalue weighted by molar-refractivity contribution is 0.348. The molecule has 19 heavy (non-hydrogen) atoms. The highest BCUT2D eigenvalue weighted by molar-refractivity contribution is 7.98. The predicted octanol–water partition coefficient (Wildman–Crippen LogP) is 2.41. The summed E-state index contributed by atoms with van der Waals surface area (Å²) in [6.45, 7) is 0. The van der Waals surface area contributed by atoms with Gasteiger partial charge in [0.25, 0.3) is 0 Å². The van der Waals surface area contributed by atoms with E-state index in [0.717, 1.165) is 21.9 Å². The van der Waals surface area contributed by atoms with Crippen LogP contribution in [0, 0.1) is 0 Å². The maximum atomic E-state index is 5.83. The monoisotopic (exact) mass is 279 g/mol. The molecule has 2 aromatic rings. The number of aromatic nitrogens is 2. The maximum Gasteiger partial charge on any atom is 0.174 e. The van der Waals surface area contributed by atoms with Crippen LogP contribution < -0.4 is 15.2 Å². The van der Waals surface area contributed by atoms with E-state index in [1.807, 2.05) is 31.5 Å². The molecular weight excluding hydrogens is 262 g/mol. The zero-order valence-corrected chi connectivity index (χ0v) is 12.2. The SMILES string of the molecule is COc1ccc(-c2cc(N)n(C)n2)c(SC)c1OC. The second-order valence-corrected chi connectivity index (χ2v) is 4.78. The standard InChI is InChI=1S/C13H17N3O2S/c1-16-11(14)7-9(15-16)8-5-6-10(17-2)12(18-3)13(8)19-4/h5-7H,14H2,1-4H3. The number of ether oxygens (including phenoxy) is 2. The minimum absolute atomic E-state index is 0.622. The van der Waals surface area contributed by atoms with E-state index >= 15 is 0 Å². The van der Waals surface area contributed by atoms with Crippen molar-refractivity contribution in [1.29, 1.82) is 0 Å². The van der Waals surface area contributed by atoms with Gasteiger partial charge in [-0.15, -0.1) is 11.8 Å². The zero-order chi connectivity index (χ0) is 14.0. The fraction of sp³-hybridized carbons (Fsp3) is 0.308. The Labute approximate surface area is 116 Å². The van der Waals surface area contributed by atoms with Gasteiger partial charge in [0.1, 0.15) is 5.82 Å². The summed E-state index contributed by atoms with van der Waals surface area (Å²) in [4.78, 5) is 0.986. The molecule has 6 heteroatoms. The van der Waals surface area contributed by atoms with Crippen LogP contribution in [-0.2, 0) is 7.05 Å². The second-order valence-electron chi connectivity index (χ2n) is 3.96. The lowest BCUT2D eigenvalue weighted by atomic mass is 10.1. The van der Waals surface area contributed by atoms with Crippen LogP contribution in [-0.4, -0.2) is 30.3 Å². The van der Waals surface area contributed by atoms with Gasteiger partial charge in [-0.2, -0.15) is 5.10 Å². The molecular formula is C13H17N3O2S. The Hall–Kier alpha value is -1.82.